The van der Waals surface area contributed by atoms with Crippen LogP contribution in [-0.4, -0.2) is 9.13 Å². The van der Waals surface area contributed by atoms with E-state index >= 15 is 0 Å². The molecule has 0 aliphatic carbocycles. The summed E-state index contributed by atoms with van der Waals surface area (Å²) in [6.07, 6.45) is 0. The molecule has 2 heterocycles. The summed E-state index contributed by atoms with van der Waals surface area (Å²) in [6.45, 7) is 0. The largest absolute Gasteiger partial charge is 0.309 e. The lowest BCUT2D eigenvalue weighted by molar-refractivity contribution is 1.18. The summed E-state index contributed by atoms with van der Waals surface area (Å²) in [5.74, 6) is 0. The van der Waals surface area contributed by atoms with E-state index in [0.717, 1.165) is 11.4 Å². The van der Waals surface area contributed by atoms with Crippen molar-refractivity contribution >= 4 is 65.2 Å². The van der Waals surface area contributed by atoms with E-state index in [9.17, 15) is 0 Å². The molecular formula is C50H32N2. The van der Waals surface area contributed by atoms with Crippen molar-refractivity contribution in [2.45, 2.75) is 0 Å². The fraction of sp³-hybridized carbons (Fsp3) is 0. The van der Waals surface area contributed by atoms with Crippen LogP contribution in [0.15, 0.2) is 194 Å². The highest BCUT2D eigenvalue weighted by Gasteiger charge is 2.21. The summed E-state index contributed by atoms with van der Waals surface area (Å²) >= 11 is 0. The van der Waals surface area contributed by atoms with Crippen molar-refractivity contribution in [3.63, 3.8) is 0 Å². The molecule has 0 spiro atoms. The average molecular weight is 661 g/mol. The maximum atomic E-state index is 2.45. The molecule has 0 aliphatic rings. The van der Waals surface area contributed by atoms with Crippen molar-refractivity contribution < 1.29 is 0 Å². The first-order valence-corrected chi connectivity index (χ1v) is 17.9. The van der Waals surface area contributed by atoms with E-state index in [2.05, 4.69) is 203 Å². The molecule has 0 bridgehead atoms. The molecule has 242 valence electrons. The van der Waals surface area contributed by atoms with Gasteiger partial charge in [0.05, 0.1) is 22.1 Å². The van der Waals surface area contributed by atoms with Crippen LogP contribution in [0.3, 0.4) is 0 Å². The molecule has 0 atom stereocenters. The van der Waals surface area contributed by atoms with Crippen LogP contribution < -0.4 is 0 Å². The molecule has 0 fully saturated rings. The minimum atomic E-state index is 1.16. The molecular weight excluding hydrogens is 629 g/mol. The highest BCUT2D eigenvalue weighted by Crippen LogP contribution is 2.43. The molecule has 52 heavy (non-hydrogen) atoms. The monoisotopic (exact) mass is 660 g/mol. The van der Waals surface area contributed by atoms with Gasteiger partial charge in [0.15, 0.2) is 0 Å². The number of nitrogens with zero attached hydrogens (tertiary/aromatic N) is 2. The van der Waals surface area contributed by atoms with E-state index in [1.54, 1.807) is 0 Å². The van der Waals surface area contributed by atoms with Crippen molar-refractivity contribution in [2.75, 3.05) is 0 Å². The fourth-order valence-corrected chi connectivity index (χ4v) is 8.63. The highest BCUT2D eigenvalue weighted by molar-refractivity contribution is 6.29. The molecule has 2 aromatic heterocycles. The summed E-state index contributed by atoms with van der Waals surface area (Å²) in [6, 6.07) is 70.9. The van der Waals surface area contributed by atoms with E-state index in [0.29, 0.717) is 0 Å². The first-order valence-electron chi connectivity index (χ1n) is 17.9. The van der Waals surface area contributed by atoms with Gasteiger partial charge in [-0.15, -0.1) is 0 Å². The normalized spacial score (nSPS) is 11.8. The maximum Gasteiger partial charge on any atom is 0.0548 e. The standard InChI is InChI=1S/C50H32N2/c1-3-13-33(14-4-1)39-21-11-17-35-31-37(25-27-41(35)39)51-45-23-9-7-19-43(45)49-47(51)29-30-48-50(49)44-20-8-10-24-46(44)52(48)38-26-28-42-36(32-38)18-12-22-40(42)34-15-5-2-6-16-34/h1-32H. The highest BCUT2D eigenvalue weighted by atomic mass is 15.0. The van der Waals surface area contributed by atoms with Gasteiger partial charge in [0.1, 0.15) is 0 Å². The summed E-state index contributed by atoms with van der Waals surface area (Å²) in [4.78, 5) is 0. The third-order valence-electron chi connectivity index (χ3n) is 10.9. The van der Waals surface area contributed by atoms with Gasteiger partial charge in [0.25, 0.3) is 0 Å². The Morgan fingerprint density at radius 1 is 0.269 bits per heavy atom. The van der Waals surface area contributed by atoms with Gasteiger partial charge in [-0.05, 0) is 92.3 Å². The molecule has 0 aliphatic heterocycles. The van der Waals surface area contributed by atoms with E-state index in [-0.39, 0.29) is 0 Å². The van der Waals surface area contributed by atoms with Crippen LogP contribution in [0.25, 0.3) is 98.8 Å². The first kappa shape index (κ1) is 28.9. The smallest absolute Gasteiger partial charge is 0.0548 e. The third-order valence-corrected chi connectivity index (χ3v) is 10.9. The Bertz CT molecular complexity index is 2950. The Hall–Kier alpha value is -6.90. The number of hydrogen-bond donors (Lipinski definition) is 0. The first-order chi connectivity index (χ1) is 25.8. The predicted octanol–water partition coefficient (Wildman–Crippen LogP) is 13.5. The van der Waals surface area contributed by atoms with Gasteiger partial charge in [-0.2, -0.15) is 0 Å². The van der Waals surface area contributed by atoms with Crippen molar-refractivity contribution in [2.24, 2.45) is 0 Å². The number of fused-ring (bicyclic) bond motifs is 9. The van der Waals surface area contributed by atoms with Gasteiger partial charge >= 0.3 is 0 Å². The maximum absolute atomic E-state index is 2.45. The summed E-state index contributed by atoms with van der Waals surface area (Å²) < 4.78 is 4.90. The van der Waals surface area contributed by atoms with Crippen molar-refractivity contribution in [3.05, 3.63) is 194 Å². The molecule has 0 amide bonds. The zero-order chi connectivity index (χ0) is 34.2. The second kappa shape index (κ2) is 11.3. The molecule has 0 saturated carbocycles. The van der Waals surface area contributed by atoms with Gasteiger partial charge in [-0.1, -0.05) is 146 Å². The van der Waals surface area contributed by atoms with Crippen LogP contribution in [0.5, 0.6) is 0 Å². The van der Waals surface area contributed by atoms with Gasteiger partial charge in [0.2, 0.25) is 0 Å². The number of hydrogen-bond acceptors (Lipinski definition) is 0. The molecule has 11 rings (SSSR count). The zero-order valence-electron chi connectivity index (χ0n) is 28.4. The van der Waals surface area contributed by atoms with Gasteiger partial charge in [-0.3, -0.25) is 0 Å². The van der Waals surface area contributed by atoms with Crippen LogP contribution in [0.1, 0.15) is 0 Å². The van der Waals surface area contributed by atoms with E-state index in [4.69, 9.17) is 0 Å². The Morgan fingerprint density at radius 2 is 0.692 bits per heavy atom. The van der Waals surface area contributed by atoms with E-state index < -0.39 is 0 Å². The molecule has 0 N–H and O–H groups in total. The third kappa shape index (κ3) is 4.25. The van der Waals surface area contributed by atoms with Crippen LogP contribution in [0, 0.1) is 0 Å². The summed E-state index contributed by atoms with van der Waals surface area (Å²) in [7, 11) is 0. The van der Waals surface area contributed by atoms with E-state index in [1.807, 2.05) is 0 Å². The molecule has 11 aromatic rings. The minimum Gasteiger partial charge on any atom is -0.309 e. The SMILES string of the molecule is c1ccc(-c2cccc3cc(-n4c5ccccc5c5c6c7ccccc7n(-c7ccc8c(-c9ccccc9)cccc8c7)c6ccc54)ccc23)cc1. The van der Waals surface area contributed by atoms with Crippen LogP contribution in [0.2, 0.25) is 0 Å². The van der Waals surface area contributed by atoms with Crippen LogP contribution >= 0.6 is 0 Å². The lowest BCUT2D eigenvalue weighted by Crippen LogP contribution is -1.95. The molecule has 0 unspecified atom stereocenters. The Labute approximate surface area is 301 Å². The van der Waals surface area contributed by atoms with Gasteiger partial charge < -0.3 is 9.13 Å². The van der Waals surface area contributed by atoms with Crippen molar-refractivity contribution in [1.82, 2.24) is 9.13 Å². The summed E-state index contributed by atoms with van der Waals surface area (Å²) in [5, 5.41) is 10.1. The zero-order valence-corrected chi connectivity index (χ0v) is 28.4. The number of para-hydroxylation sites is 2. The summed E-state index contributed by atoms with van der Waals surface area (Å²) in [5.41, 5.74) is 12.1. The van der Waals surface area contributed by atoms with Gasteiger partial charge in [-0.25, -0.2) is 0 Å². The van der Waals surface area contributed by atoms with Crippen LogP contribution in [-0.2, 0) is 0 Å². The minimum absolute atomic E-state index is 1.16. The molecule has 9 aromatic carbocycles. The molecule has 2 nitrogen and oxygen atoms in total. The average Bonchev–Trinajstić information content (AvgIpc) is 3.73. The quantitative estimate of drug-likeness (QED) is 0.178. The topological polar surface area (TPSA) is 9.86 Å². The second-order valence-corrected chi connectivity index (χ2v) is 13.7. The fourth-order valence-electron chi connectivity index (χ4n) is 8.63. The molecule has 0 saturated heterocycles. The predicted molar refractivity (Wildman–Crippen MR) is 221 cm³/mol. The Kier molecular flexibility index (Phi) is 6.28. The van der Waals surface area contributed by atoms with E-state index in [1.165, 1.54) is 87.4 Å². The molecule has 0 radical (unpaired) electrons. The molecule has 2 heteroatoms. The van der Waals surface area contributed by atoms with Crippen LogP contribution in [0.4, 0.5) is 0 Å². The lowest BCUT2D eigenvalue weighted by atomic mass is 9.98. The number of benzene rings is 9. The van der Waals surface area contributed by atoms with Crippen molar-refractivity contribution in [3.8, 4) is 33.6 Å². The Balaban J connectivity index is 1.16. The van der Waals surface area contributed by atoms with Crippen molar-refractivity contribution in [1.29, 1.82) is 0 Å². The number of rotatable bonds is 4. The number of aromatic nitrogens is 2. The lowest BCUT2D eigenvalue weighted by Gasteiger charge is -2.13. The second-order valence-electron chi connectivity index (χ2n) is 13.7. The Morgan fingerprint density at radius 3 is 1.15 bits per heavy atom. The van der Waals surface area contributed by atoms with Gasteiger partial charge in [0, 0.05) is 32.9 Å².